The van der Waals surface area contributed by atoms with Gasteiger partial charge in [-0.15, -0.1) is 0 Å². The fraction of sp³-hybridized carbons (Fsp3) is 0.786. The minimum atomic E-state index is 0.267. The van der Waals surface area contributed by atoms with Gasteiger partial charge in [0.15, 0.2) is 0 Å². The first-order chi connectivity index (χ1) is 8.49. The summed E-state index contributed by atoms with van der Waals surface area (Å²) in [7, 11) is 2.10. The highest BCUT2D eigenvalue weighted by molar-refractivity contribution is 5.32. The predicted molar refractivity (Wildman–Crippen MR) is 78.0 cm³/mol. The summed E-state index contributed by atoms with van der Waals surface area (Å²) in [5.74, 6) is 1.60. The minimum Gasteiger partial charge on any atom is -0.345 e. The van der Waals surface area contributed by atoms with Crippen LogP contribution in [0, 0.1) is 5.92 Å². The van der Waals surface area contributed by atoms with Crippen LogP contribution in [0.2, 0.25) is 0 Å². The molecule has 104 valence electrons. The molecular weight excluding hydrogens is 224 g/mol. The van der Waals surface area contributed by atoms with Crippen molar-refractivity contribution in [3.63, 3.8) is 0 Å². The lowest BCUT2D eigenvalue weighted by molar-refractivity contribution is 0.464. The summed E-state index contributed by atoms with van der Waals surface area (Å²) >= 11 is 0. The quantitative estimate of drug-likeness (QED) is 0.810. The number of anilines is 1. The van der Waals surface area contributed by atoms with Crippen molar-refractivity contribution in [1.29, 1.82) is 0 Å². The van der Waals surface area contributed by atoms with Crippen molar-refractivity contribution in [2.45, 2.75) is 53.1 Å². The zero-order chi connectivity index (χ0) is 13.7. The Labute approximate surface area is 111 Å². The maximum Gasteiger partial charge on any atom is 0.205 e. The van der Waals surface area contributed by atoms with E-state index in [1.807, 2.05) is 0 Å². The summed E-state index contributed by atoms with van der Waals surface area (Å²) in [6.07, 6.45) is 4.14. The first kappa shape index (κ1) is 15.0. The van der Waals surface area contributed by atoms with Crippen LogP contribution in [-0.2, 0) is 13.0 Å². The molecule has 0 amide bonds. The van der Waals surface area contributed by atoms with E-state index in [4.69, 9.17) is 5.73 Å². The van der Waals surface area contributed by atoms with Crippen LogP contribution in [0.4, 0.5) is 5.95 Å². The van der Waals surface area contributed by atoms with Gasteiger partial charge >= 0.3 is 0 Å². The summed E-state index contributed by atoms with van der Waals surface area (Å²) in [5, 5.41) is 0. The molecule has 0 aromatic carbocycles. The molecule has 4 nitrogen and oxygen atoms in total. The summed E-state index contributed by atoms with van der Waals surface area (Å²) in [6.45, 7) is 10.6. The van der Waals surface area contributed by atoms with Crippen LogP contribution >= 0.6 is 0 Å². The lowest BCUT2D eigenvalue weighted by Gasteiger charge is -2.22. The Balaban J connectivity index is 2.65. The van der Waals surface area contributed by atoms with Gasteiger partial charge in [-0.2, -0.15) is 0 Å². The smallest absolute Gasteiger partial charge is 0.205 e. The van der Waals surface area contributed by atoms with Gasteiger partial charge in [-0.1, -0.05) is 20.8 Å². The van der Waals surface area contributed by atoms with Gasteiger partial charge in [-0.05, 0) is 25.7 Å². The maximum atomic E-state index is 6.09. The van der Waals surface area contributed by atoms with Crippen LogP contribution in [0.5, 0.6) is 0 Å². The van der Waals surface area contributed by atoms with E-state index in [1.54, 1.807) is 0 Å². The normalized spacial score (nSPS) is 13.1. The largest absolute Gasteiger partial charge is 0.345 e. The van der Waals surface area contributed by atoms with E-state index in [-0.39, 0.29) is 6.04 Å². The SMILES string of the molecule is CCc1cn(CC)c(N(C)CCC(N)C(C)C)n1. The van der Waals surface area contributed by atoms with Crippen LogP contribution in [0.3, 0.4) is 0 Å². The second-order valence-corrected chi connectivity index (χ2v) is 5.29. The maximum absolute atomic E-state index is 6.09. The van der Waals surface area contributed by atoms with Crippen LogP contribution in [0.25, 0.3) is 0 Å². The summed E-state index contributed by atoms with van der Waals surface area (Å²) < 4.78 is 2.21. The van der Waals surface area contributed by atoms with Crippen LogP contribution < -0.4 is 10.6 Å². The molecule has 1 atom stereocenters. The van der Waals surface area contributed by atoms with E-state index in [0.717, 1.165) is 37.6 Å². The van der Waals surface area contributed by atoms with Gasteiger partial charge < -0.3 is 15.2 Å². The number of nitrogens with zero attached hydrogens (tertiary/aromatic N) is 3. The van der Waals surface area contributed by atoms with E-state index in [9.17, 15) is 0 Å². The third-order valence-corrected chi connectivity index (χ3v) is 3.50. The van der Waals surface area contributed by atoms with Gasteiger partial charge in [0.2, 0.25) is 5.95 Å². The highest BCUT2D eigenvalue weighted by Gasteiger charge is 2.13. The van der Waals surface area contributed by atoms with Crippen molar-refractivity contribution in [1.82, 2.24) is 9.55 Å². The van der Waals surface area contributed by atoms with Crippen molar-refractivity contribution in [2.24, 2.45) is 11.7 Å². The zero-order valence-electron chi connectivity index (χ0n) is 12.5. The van der Waals surface area contributed by atoms with E-state index in [0.29, 0.717) is 5.92 Å². The minimum absolute atomic E-state index is 0.267. The standard InChI is InChI=1S/C14H28N4/c1-6-12-10-18(7-2)14(16-12)17(5)9-8-13(15)11(3)4/h10-11,13H,6-9,15H2,1-5H3. The molecule has 1 heterocycles. The highest BCUT2D eigenvalue weighted by atomic mass is 15.3. The molecule has 4 heteroatoms. The Morgan fingerprint density at radius 1 is 1.39 bits per heavy atom. The van der Waals surface area contributed by atoms with E-state index in [2.05, 4.69) is 55.4 Å². The Morgan fingerprint density at radius 2 is 2.06 bits per heavy atom. The van der Waals surface area contributed by atoms with Gasteiger partial charge in [0.05, 0.1) is 5.69 Å². The third-order valence-electron chi connectivity index (χ3n) is 3.50. The van der Waals surface area contributed by atoms with E-state index < -0.39 is 0 Å². The van der Waals surface area contributed by atoms with Gasteiger partial charge in [-0.25, -0.2) is 4.98 Å². The highest BCUT2D eigenvalue weighted by Crippen LogP contribution is 2.15. The molecule has 0 aliphatic rings. The van der Waals surface area contributed by atoms with E-state index >= 15 is 0 Å². The van der Waals surface area contributed by atoms with Crippen LogP contribution in [-0.4, -0.2) is 29.2 Å². The first-order valence-corrected chi connectivity index (χ1v) is 7.02. The fourth-order valence-electron chi connectivity index (χ4n) is 1.94. The Morgan fingerprint density at radius 3 is 2.56 bits per heavy atom. The molecule has 1 unspecified atom stereocenters. The number of rotatable bonds is 7. The summed E-state index contributed by atoms with van der Waals surface area (Å²) in [5.41, 5.74) is 7.25. The van der Waals surface area contributed by atoms with E-state index in [1.165, 1.54) is 0 Å². The number of aryl methyl sites for hydroxylation is 2. The van der Waals surface area contributed by atoms with Crippen LogP contribution in [0.15, 0.2) is 6.20 Å². The molecule has 0 saturated heterocycles. The van der Waals surface area contributed by atoms with Gasteiger partial charge in [-0.3, -0.25) is 0 Å². The number of nitrogens with two attached hydrogens (primary N) is 1. The Hall–Kier alpha value is -1.03. The van der Waals surface area contributed by atoms with Crippen molar-refractivity contribution < 1.29 is 0 Å². The number of hydrogen-bond acceptors (Lipinski definition) is 3. The molecule has 1 rings (SSSR count). The summed E-state index contributed by atoms with van der Waals surface area (Å²) in [6, 6.07) is 0.267. The second-order valence-electron chi connectivity index (χ2n) is 5.29. The molecule has 1 aromatic rings. The zero-order valence-corrected chi connectivity index (χ0v) is 12.5. The molecule has 0 aliphatic carbocycles. The molecule has 0 bridgehead atoms. The second kappa shape index (κ2) is 6.78. The average molecular weight is 252 g/mol. The average Bonchev–Trinajstić information content (AvgIpc) is 2.78. The predicted octanol–water partition coefficient (Wildman–Crippen LogP) is 2.28. The van der Waals surface area contributed by atoms with Crippen molar-refractivity contribution in [3.8, 4) is 0 Å². The van der Waals surface area contributed by atoms with Crippen molar-refractivity contribution in [3.05, 3.63) is 11.9 Å². The number of imidazole rings is 1. The Bertz CT molecular complexity index is 357. The summed E-state index contributed by atoms with van der Waals surface area (Å²) in [4.78, 5) is 6.88. The molecular formula is C14H28N4. The van der Waals surface area contributed by atoms with Gasteiger partial charge in [0, 0.05) is 32.4 Å². The molecule has 0 spiro atoms. The molecule has 18 heavy (non-hydrogen) atoms. The van der Waals surface area contributed by atoms with Gasteiger partial charge in [0.1, 0.15) is 0 Å². The topological polar surface area (TPSA) is 47.1 Å². The van der Waals surface area contributed by atoms with Gasteiger partial charge in [0.25, 0.3) is 0 Å². The monoisotopic (exact) mass is 252 g/mol. The molecule has 0 radical (unpaired) electrons. The lowest BCUT2D eigenvalue weighted by Crippen LogP contribution is -2.32. The molecule has 1 aromatic heterocycles. The molecule has 0 fully saturated rings. The lowest BCUT2D eigenvalue weighted by atomic mass is 10.0. The van der Waals surface area contributed by atoms with Crippen molar-refractivity contribution in [2.75, 3.05) is 18.5 Å². The first-order valence-electron chi connectivity index (χ1n) is 7.02. The third kappa shape index (κ3) is 3.73. The number of aromatic nitrogens is 2. The molecule has 2 N–H and O–H groups in total. The number of hydrogen-bond donors (Lipinski definition) is 1. The van der Waals surface area contributed by atoms with Crippen LogP contribution in [0.1, 0.15) is 39.8 Å². The molecule has 0 saturated carbocycles. The molecule has 0 aliphatic heterocycles. The fourth-order valence-corrected chi connectivity index (χ4v) is 1.94. The Kier molecular flexibility index (Phi) is 5.66. The van der Waals surface area contributed by atoms with Crippen molar-refractivity contribution >= 4 is 5.95 Å².